The summed E-state index contributed by atoms with van der Waals surface area (Å²) in [6.07, 6.45) is 2.68. The van der Waals surface area contributed by atoms with Crippen LogP contribution in [0.3, 0.4) is 0 Å². The fourth-order valence-electron chi connectivity index (χ4n) is 2.66. The van der Waals surface area contributed by atoms with E-state index in [0.717, 1.165) is 33.9 Å². The minimum absolute atomic E-state index is 0.0160. The molecule has 2 heterocycles. The van der Waals surface area contributed by atoms with E-state index in [4.69, 9.17) is 0 Å². The predicted octanol–water partition coefficient (Wildman–Crippen LogP) is 2.98. The van der Waals surface area contributed by atoms with Crippen molar-refractivity contribution in [2.75, 3.05) is 30.0 Å². The SMILES string of the molecule is CS(=O)(=O)NCCc1ccc(C(=O)N2CCCSc3ccccc32)s1. The lowest BCUT2D eigenvalue weighted by Crippen LogP contribution is -2.31. The summed E-state index contributed by atoms with van der Waals surface area (Å²) in [6.45, 7) is 1.06. The quantitative estimate of drug-likeness (QED) is 0.844. The third-order valence-corrected chi connectivity index (χ3v) is 6.80. The molecular formula is C17H20N2O3S3. The van der Waals surface area contributed by atoms with E-state index in [1.165, 1.54) is 11.3 Å². The number of carbonyl (C=O) groups excluding carboxylic acids is 1. The molecule has 25 heavy (non-hydrogen) atoms. The number of anilines is 1. The number of fused-ring (bicyclic) bond motifs is 1. The second kappa shape index (κ2) is 7.90. The molecule has 0 atom stereocenters. The highest BCUT2D eigenvalue weighted by Gasteiger charge is 2.23. The molecule has 0 bridgehead atoms. The molecule has 2 aromatic rings. The van der Waals surface area contributed by atoms with Crippen LogP contribution in [0.5, 0.6) is 0 Å². The maximum absolute atomic E-state index is 13.0. The first kappa shape index (κ1) is 18.4. The lowest BCUT2D eigenvalue weighted by molar-refractivity contribution is 0.0990. The molecule has 0 saturated carbocycles. The normalized spacial score (nSPS) is 14.8. The minimum atomic E-state index is -3.18. The Morgan fingerprint density at radius 3 is 2.84 bits per heavy atom. The molecule has 1 aliphatic heterocycles. The molecule has 134 valence electrons. The molecule has 0 spiro atoms. The molecule has 1 aromatic heterocycles. The third-order valence-electron chi connectivity index (χ3n) is 3.79. The van der Waals surface area contributed by atoms with Crippen LogP contribution < -0.4 is 9.62 Å². The van der Waals surface area contributed by atoms with Gasteiger partial charge in [0.15, 0.2) is 0 Å². The summed E-state index contributed by atoms with van der Waals surface area (Å²) in [4.78, 5) is 17.7. The van der Waals surface area contributed by atoms with Gasteiger partial charge in [-0.1, -0.05) is 12.1 Å². The number of thiophene rings is 1. The first-order valence-corrected chi connectivity index (χ1v) is 11.7. The highest BCUT2D eigenvalue weighted by Crippen LogP contribution is 2.35. The summed E-state index contributed by atoms with van der Waals surface area (Å²) in [5, 5.41) is 0. The Balaban J connectivity index is 1.73. The van der Waals surface area contributed by atoms with E-state index in [2.05, 4.69) is 10.8 Å². The van der Waals surface area contributed by atoms with E-state index in [-0.39, 0.29) is 5.91 Å². The number of carbonyl (C=O) groups is 1. The largest absolute Gasteiger partial charge is 0.307 e. The van der Waals surface area contributed by atoms with Gasteiger partial charge in [0.1, 0.15) is 0 Å². The van der Waals surface area contributed by atoms with Gasteiger partial charge in [-0.15, -0.1) is 23.1 Å². The van der Waals surface area contributed by atoms with E-state index in [1.54, 1.807) is 11.8 Å². The maximum atomic E-state index is 13.0. The molecule has 0 radical (unpaired) electrons. The summed E-state index contributed by atoms with van der Waals surface area (Å²) >= 11 is 3.22. The zero-order valence-electron chi connectivity index (χ0n) is 13.9. The van der Waals surface area contributed by atoms with Crippen LogP contribution in [0.2, 0.25) is 0 Å². The number of rotatable bonds is 5. The molecule has 0 fully saturated rings. The van der Waals surface area contributed by atoms with E-state index < -0.39 is 10.0 Å². The zero-order chi connectivity index (χ0) is 17.9. The van der Waals surface area contributed by atoms with Crippen LogP contribution >= 0.6 is 23.1 Å². The summed E-state index contributed by atoms with van der Waals surface area (Å²) < 4.78 is 24.7. The van der Waals surface area contributed by atoms with Gasteiger partial charge >= 0.3 is 0 Å². The molecule has 1 N–H and O–H groups in total. The average Bonchev–Trinajstić information content (AvgIpc) is 2.92. The Bertz CT molecular complexity index is 862. The minimum Gasteiger partial charge on any atom is -0.307 e. The molecule has 1 amide bonds. The second-order valence-electron chi connectivity index (χ2n) is 5.81. The van der Waals surface area contributed by atoms with Gasteiger partial charge in [-0.3, -0.25) is 4.79 Å². The number of amides is 1. The molecule has 1 aliphatic rings. The number of benzene rings is 1. The zero-order valence-corrected chi connectivity index (χ0v) is 16.3. The molecule has 8 heteroatoms. The average molecular weight is 397 g/mol. The lowest BCUT2D eigenvalue weighted by Gasteiger charge is -2.21. The van der Waals surface area contributed by atoms with Crippen LogP contribution in [0.15, 0.2) is 41.3 Å². The van der Waals surface area contributed by atoms with Crippen molar-refractivity contribution < 1.29 is 13.2 Å². The highest BCUT2D eigenvalue weighted by atomic mass is 32.2. The smallest absolute Gasteiger partial charge is 0.268 e. The van der Waals surface area contributed by atoms with Crippen LogP contribution in [0.1, 0.15) is 21.0 Å². The Labute approximate surface area is 156 Å². The van der Waals surface area contributed by atoms with Crippen molar-refractivity contribution >= 4 is 44.7 Å². The Morgan fingerprint density at radius 1 is 1.24 bits per heavy atom. The van der Waals surface area contributed by atoms with Crippen molar-refractivity contribution in [3.05, 3.63) is 46.2 Å². The summed E-state index contributed by atoms with van der Waals surface area (Å²) in [6, 6.07) is 11.8. The van der Waals surface area contributed by atoms with Crippen molar-refractivity contribution in [1.29, 1.82) is 0 Å². The summed E-state index contributed by atoms with van der Waals surface area (Å²) in [5.41, 5.74) is 0.976. The second-order valence-corrected chi connectivity index (χ2v) is 9.95. The molecule has 0 saturated heterocycles. The molecule has 1 aromatic carbocycles. The number of sulfonamides is 1. The maximum Gasteiger partial charge on any atom is 0.268 e. The first-order chi connectivity index (χ1) is 11.9. The number of hydrogen-bond donors (Lipinski definition) is 1. The van der Waals surface area contributed by atoms with Crippen molar-refractivity contribution in [2.24, 2.45) is 0 Å². The Hall–Kier alpha value is -1.35. The van der Waals surface area contributed by atoms with Crippen molar-refractivity contribution in [2.45, 2.75) is 17.7 Å². The Kier molecular flexibility index (Phi) is 5.83. The van der Waals surface area contributed by atoms with Crippen LogP contribution in [0.25, 0.3) is 0 Å². The predicted molar refractivity (Wildman–Crippen MR) is 104 cm³/mol. The van der Waals surface area contributed by atoms with E-state index in [1.807, 2.05) is 35.2 Å². The molecule has 3 rings (SSSR count). The standard InChI is InChI=1S/C17H20N2O3S3/c1-25(21,22)18-10-9-13-7-8-16(24-13)17(20)19-11-4-12-23-15-6-3-2-5-14(15)19/h2-3,5-8,18H,4,9-12H2,1H3. The van der Waals surface area contributed by atoms with Crippen molar-refractivity contribution in [3.8, 4) is 0 Å². The molecule has 0 unspecified atom stereocenters. The fraction of sp³-hybridized carbons (Fsp3) is 0.353. The van der Waals surface area contributed by atoms with E-state index in [0.29, 0.717) is 24.4 Å². The van der Waals surface area contributed by atoms with Gasteiger partial charge in [0, 0.05) is 22.9 Å². The lowest BCUT2D eigenvalue weighted by atomic mass is 10.2. The fourth-order valence-corrected chi connectivity index (χ4v) is 5.08. The van der Waals surface area contributed by atoms with Gasteiger partial charge in [0.2, 0.25) is 10.0 Å². The summed E-state index contributed by atoms with van der Waals surface area (Å²) in [5.74, 6) is 1.02. The van der Waals surface area contributed by atoms with Gasteiger partial charge in [0.25, 0.3) is 5.91 Å². The monoisotopic (exact) mass is 396 g/mol. The third kappa shape index (κ3) is 4.84. The first-order valence-electron chi connectivity index (χ1n) is 8.01. The van der Waals surface area contributed by atoms with E-state index in [9.17, 15) is 13.2 Å². The number of nitrogens with one attached hydrogen (secondary N) is 1. The van der Waals surface area contributed by atoms with Crippen molar-refractivity contribution in [3.63, 3.8) is 0 Å². The van der Waals surface area contributed by atoms with Gasteiger partial charge < -0.3 is 4.90 Å². The van der Waals surface area contributed by atoms with Gasteiger partial charge in [-0.05, 0) is 42.9 Å². The van der Waals surface area contributed by atoms with Crippen LogP contribution in [-0.2, 0) is 16.4 Å². The number of thioether (sulfide) groups is 1. The van der Waals surface area contributed by atoms with Crippen LogP contribution in [0, 0.1) is 0 Å². The van der Waals surface area contributed by atoms with Gasteiger partial charge in [-0.2, -0.15) is 0 Å². The molecular weight excluding hydrogens is 376 g/mol. The number of para-hydroxylation sites is 1. The van der Waals surface area contributed by atoms with Crippen molar-refractivity contribution in [1.82, 2.24) is 4.72 Å². The van der Waals surface area contributed by atoms with Gasteiger partial charge in [-0.25, -0.2) is 13.1 Å². The van der Waals surface area contributed by atoms with Crippen LogP contribution in [0.4, 0.5) is 5.69 Å². The molecule has 5 nitrogen and oxygen atoms in total. The Morgan fingerprint density at radius 2 is 2.04 bits per heavy atom. The molecule has 0 aliphatic carbocycles. The highest BCUT2D eigenvalue weighted by molar-refractivity contribution is 7.99. The topological polar surface area (TPSA) is 66.5 Å². The van der Waals surface area contributed by atoms with Gasteiger partial charge in [0.05, 0.1) is 16.8 Å². The number of hydrogen-bond acceptors (Lipinski definition) is 5. The van der Waals surface area contributed by atoms with Crippen LogP contribution in [-0.4, -0.2) is 39.4 Å². The summed E-state index contributed by atoms with van der Waals surface area (Å²) in [7, 11) is -3.18. The number of nitrogens with zero attached hydrogens (tertiary/aromatic N) is 1. The van der Waals surface area contributed by atoms with E-state index >= 15 is 0 Å².